The van der Waals surface area contributed by atoms with E-state index in [4.69, 9.17) is 9.72 Å². The number of rotatable bonds is 2. The van der Waals surface area contributed by atoms with Crippen molar-refractivity contribution in [2.45, 2.75) is 45.4 Å². The molecule has 0 unspecified atom stereocenters. The summed E-state index contributed by atoms with van der Waals surface area (Å²) in [6.45, 7) is 6.82. The smallest absolute Gasteiger partial charge is 0.340 e. The van der Waals surface area contributed by atoms with E-state index in [0.717, 1.165) is 36.6 Å². The Morgan fingerprint density at radius 3 is 2.70 bits per heavy atom. The van der Waals surface area contributed by atoms with Crippen LogP contribution in [0.4, 0.5) is 5.82 Å². The highest BCUT2D eigenvalue weighted by Crippen LogP contribution is 2.30. The van der Waals surface area contributed by atoms with Crippen molar-refractivity contribution in [2.75, 3.05) is 24.6 Å². The highest BCUT2D eigenvalue weighted by Gasteiger charge is 2.27. The van der Waals surface area contributed by atoms with Crippen LogP contribution in [-0.4, -0.2) is 30.6 Å². The maximum absolute atomic E-state index is 12.0. The van der Waals surface area contributed by atoms with Crippen molar-refractivity contribution in [3.8, 4) is 0 Å². The van der Waals surface area contributed by atoms with E-state index in [1.165, 1.54) is 19.3 Å². The minimum absolute atomic E-state index is 0.201. The molecule has 1 aromatic heterocycles. The molecule has 0 radical (unpaired) electrons. The maximum Gasteiger partial charge on any atom is 0.340 e. The fraction of sp³-hybridized carbons (Fsp3) is 0.625. The van der Waals surface area contributed by atoms with Crippen molar-refractivity contribution in [2.24, 2.45) is 0 Å². The summed E-state index contributed by atoms with van der Waals surface area (Å²) in [6.07, 6.45) is 4.59. The first kappa shape index (κ1) is 13.4. The zero-order chi connectivity index (χ0) is 14.1. The van der Waals surface area contributed by atoms with Crippen molar-refractivity contribution in [1.82, 2.24) is 4.98 Å². The second-order valence-corrected chi connectivity index (χ2v) is 5.99. The van der Waals surface area contributed by atoms with Gasteiger partial charge in [0.25, 0.3) is 0 Å². The zero-order valence-corrected chi connectivity index (χ0v) is 12.3. The average Bonchev–Trinajstić information content (AvgIpc) is 2.47. The van der Waals surface area contributed by atoms with E-state index in [9.17, 15) is 4.79 Å². The van der Waals surface area contributed by atoms with E-state index < -0.39 is 0 Å². The van der Waals surface area contributed by atoms with Crippen LogP contribution in [0.15, 0.2) is 6.07 Å². The van der Waals surface area contributed by atoms with Crippen molar-refractivity contribution >= 4 is 11.8 Å². The number of aromatic nitrogens is 1. The predicted octanol–water partition coefficient (Wildman–Crippen LogP) is 2.91. The Bertz CT molecular complexity index is 519. The molecule has 108 valence electrons. The first-order chi connectivity index (χ1) is 9.66. The number of hydrogen-bond acceptors (Lipinski definition) is 4. The summed E-state index contributed by atoms with van der Waals surface area (Å²) in [7, 11) is 0. The normalized spacial score (nSPS) is 18.9. The molecule has 0 N–H and O–H groups in total. The lowest BCUT2D eigenvalue weighted by molar-refractivity contribution is 0.0477. The van der Waals surface area contributed by atoms with Gasteiger partial charge < -0.3 is 9.64 Å². The Morgan fingerprint density at radius 1 is 1.25 bits per heavy atom. The Kier molecular flexibility index (Phi) is 3.64. The van der Waals surface area contributed by atoms with Crippen LogP contribution >= 0.6 is 0 Å². The largest absolute Gasteiger partial charge is 0.462 e. The van der Waals surface area contributed by atoms with Crippen LogP contribution in [0, 0.1) is 0 Å². The minimum atomic E-state index is -0.201. The van der Waals surface area contributed by atoms with Gasteiger partial charge >= 0.3 is 5.97 Å². The summed E-state index contributed by atoms with van der Waals surface area (Å²) in [6, 6.07) is 2.10. The molecule has 0 saturated carbocycles. The first-order valence-corrected chi connectivity index (χ1v) is 7.62. The lowest BCUT2D eigenvalue weighted by Gasteiger charge is -2.30. The molecule has 0 aliphatic carbocycles. The van der Waals surface area contributed by atoms with Crippen molar-refractivity contribution in [3.63, 3.8) is 0 Å². The molecular formula is C16H22N2O2. The molecule has 2 aliphatic rings. The summed E-state index contributed by atoms with van der Waals surface area (Å²) in [5.41, 5.74) is 2.72. The zero-order valence-electron chi connectivity index (χ0n) is 12.3. The Morgan fingerprint density at radius 2 is 2.00 bits per heavy atom. The van der Waals surface area contributed by atoms with Crippen LogP contribution in [0.2, 0.25) is 0 Å². The van der Waals surface area contributed by atoms with Gasteiger partial charge in [-0.15, -0.1) is 0 Å². The molecule has 2 aliphatic heterocycles. The molecule has 4 nitrogen and oxygen atoms in total. The van der Waals surface area contributed by atoms with E-state index in [1.54, 1.807) is 0 Å². The number of carbonyl (C=O) groups is 1. The third-order valence-electron chi connectivity index (χ3n) is 4.15. The SMILES string of the molecule is CC(C)c1nc(N2CCCCC2)cc2c1C(=O)OCC2. The summed E-state index contributed by atoms with van der Waals surface area (Å²) < 4.78 is 5.19. The fourth-order valence-corrected chi connectivity index (χ4v) is 3.07. The van der Waals surface area contributed by atoms with E-state index in [0.29, 0.717) is 12.2 Å². The molecule has 1 aromatic rings. The number of carbonyl (C=O) groups excluding carboxylic acids is 1. The van der Waals surface area contributed by atoms with Crippen molar-refractivity contribution in [3.05, 3.63) is 22.9 Å². The van der Waals surface area contributed by atoms with Crippen molar-refractivity contribution in [1.29, 1.82) is 0 Å². The van der Waals surface area contributed by atoms with Gasteiger partial charge in [0.15, 0.2) is 0 Å². The molecule has 0 aromatic carbocycles. The topological polar surface area (TPSA) is 42.4 Å². The number of fused-ring (bicyclic) bond motifs is 1. The molecule has 20 heavy (non-hydrogen) atoms. The molecular weight excluding hydrogens is 252 g/mol. The average molecular weight is 274 g/mol. The van der Waals surface area contributed by atoms with Gasteiger partial charge in [-0.1, -0.05) is 13.8 Å². The maximum atomic E-state index is 12.0. The van der Waals surface area contributed by atoms with Crippen LogP contribution in [0.3, 0.4) is 0 Å². The number of hydrogen-bond donors (Lipinski definition) is 0. The van der Waals surface area contributed by atoms with Gasteiger partial charge in [-0.05, 0) is 36.8 Å². The number of nitrogens with zero attached hydrogens (tertiary/aromatic N) is 2. The van der Waals surface area contributed by atoms with Gasteiger partial charge in [0.2, 0.25) is 0 Å². The number of anilines is 1. The summed E-state index contributed by atoms with van der Waals surface area (Å²) >= 11 is 0. The molecule has 4 heteroatoms. The van der Waals surface area contributed by atoms with Gasteiger partial charge in [-0.2, -0.15) is 0 Å². The summed E-state index contributed by atoms with van der Waals surface area (Å²) in [4.78, 5) is 19.2. The third-order valence-corrected chi connectivity index (χ3v) is 4.15. The van der Waals surface area contributed by atoms with E-state index in [1.807, 2.05) is 0 Å². The van der Waals surface area contributed by atoms with Crippen LogP contribution in [0.25, 0.3) is 0 Å². The highest BCUT2D eigenvalue weighted by atomic mass is 16.5. The van der Waals surface area contributed by atoms with Gasteiger partial charge in [0.05, 0.1) is 17.9 Å². The van der Waals surface area contributed by atoms with E-state index in [2.05, 4.69) is 24.8 Å². The first-order valence-electron chi connectivity index (χ1n) is 7.62. The standard InChI is InChI=1S/C16H22N2O2/c1-11(2)15-14-12(6-9-20-16(14)19)10-13(17-15)18-7-4-3-5-8-18/h10-11H,3-9H2,1-2H3. The highest BCUT2D eigenvalue weighted by molar-refractivity contribution is 5.93. The molecule has 0 amide bonds. The third kappa shape index (κ3) is 2.39. The lowest BCUT2D eigenvalue weighted by Crippen LogP contribution is -2.31. The van der Waals surface area contributed by atoms with E-state index >= 15 is 0 Å². The molecule has 3 rings (SSSR count). The molecule has 0 atom stereocenters. The fourth-order valence-electron chi connectivity index (χ4n) is 3.07. The quantitative estimate of drug-likeness (QED) is 0.778. The second kappa shape index (κ2) is 5.43. The molecule has 0 spiro atoms. The monoisotopic (exact) mass is 274 g/mol. The van der Waals surface area contributed by atoms with Crippen LogP contribution in [-0.2, 0) is 11.2 Å². The number of pyridine rings is 1. The predicted molar refractivity (Wildman–Crippen MR) is 78.4 cm³/mol. The van der Waals surface area contributed by atoms with Gasteiger partial charge in [-0.3, -0.25) is 0 Å². The number of piperidine rings is 1. The summed E-state index contributed by atoms with van der Waals surface area (Å²) in [5, 5.41) is 0. The van der Waals surface area contributed by atoms with E-state index in [-0.39, 0.29) is 11.9 Å². The Labute approximate surface area is 120 Å². The van der Waals surface area contributed by atoms with Crippen LogP contribution in [0.1, 0.15) is 60.6 Å². The lowest BCUT2D eigenvalue weighted by atomic mass is 9.95. The molecule has 3 heterocycles. The van der Waals surface area contributed by atoms with Gasteiger partial charge in [0, 0.05) is 19.5 Å². The van der Waals surface area contributed by atoms with Crippen molar-refractivity contribution < 1.29 is 9.53 Å². The Balaban J connectivity index is 2.04. The molecule has 0 bridgehead atoms. The van der Waals surface area contributed by atoms with Crippen LogP contribution in [0.5, 0.6) is 0 Å². The second-order valence-electron chi connectivity index (χ2n) is 5.99. The van der Waals surface area contributed by atoms with Gasteiger partial charge in [0.1, 0.15) is 5.82 Å². The number of ether oxygens (including phenoxy) is 1. The number of esters is 1. The molecule has 1 saturated heterocycles. The van der Waals surface area contributed by atoms with Crippen LogP contribution < -0.4 is 4.90 Å². The number of cyclic esters (lactones) is 1. The Hall–Kier alpha value is -1.58. The van der Waals surface area contributed by atoms with Gasteiger partial charge in [-0.25, -0.2) is 9.78 Å². The molecule has 1 fully saturated rings. The minimum Gasteiger partial charge on any atom is -0.462 e. The summed E-state index contributed by atoms with van der Waals surface area (Å²) in [5.74, 6) is 1.08.